The van der Waals surface area contributed by atoms with Gasteiger partial charge in [-0.2, -0.15) is 0 Å². The number of rotatable bonds is 3. The summed E-state index contributed by atoms with van der Waals surface area (Å²) in [5.41, 5.74) is 6.35. The number of nitrogen functional groups attached to an aromatic ring is 1. The number of hydrogen-bond donors (Lipinski definition) is 2. The van der Waals surface area contributed by atoms with Gasteiger partial charge in [0.2, 0.25) is 0 Å². The number of carbonyl (C=O) groups is 1. The summed E-state index contributed by atoms with van der Waals surface area (Å²) >= 11 is 0. The molecule has 0 aromatic carbocycles. The van der Waals surface area contributed by atoms with Crippen LogP contribution in [0.2, 0.25) is 0 Å². The molecule has 0 radical (unpaired) electrons. The molecule has 7 heteroatoms. The average molecular weight is 272 g/mol. The van der Waals surface area contributed by atoms with Gasteiger partial charge in [-0.3, -0.25) is 4.79 Å². The molecule has 1 aliphatic heterocycles. The molecule has 3 N–H and O–H groups in total. The van der Waals surface area contributed by atoms with Crippen LogP contribution in [-0.4, -0.2) is 25.7 Å². The van der Waals surface area contributed by atoms with Crippen molar-refractivity contribution in [3.05, 3.63) is 35.7 Å². The van der Waals surface area contributed by atoms with E-state index >= 15 is 0 Å². The number of nitrogens with one attached hydrogen (secondary N) is 1. The summed E-state index contributed by atoms with van der Waals surface area (Å²) in [4.78, 5) is 16.2. The lowest BCUT2D eigenvalue weighted by Crippen LogP contribution is -2.30. The molecular formula is C13H16N6O. The van der Waals surface area contributed by atoms with Gasteiger partial charge in [0, 0.05) is 19.2 Å². The number of amides is 1. The Morgan fingerprint density at radius 1 is 1.50 bits per heavy atom. The van der Waals surface area contributed by atoms with Crippen LogP contribution in [0.4, 0.5) is 5.69 Å². The number of anilines is 1. The highest BCUT2D eigenvalue weighted by atomic mass is 16.2. The van der Waals surface area contributed by atoms with Crippen molar-refractivity contribution < 1.29 is 4.79 Å². The topological polar surface area (TPSA) is 98.7 Å². The molecule has 0 aliphatic carbocycles. The SMILES string of the molecule is CC(NC(=O)c1ncccc1N)c1nnc2n1CCC2. The molecular weight excluding hydrogens is 256 g/mol. The molecule has 0 saturated carbocycles. The summed E-state index contributed by atoms with van der Waals surface area (Å²) in [6.45, 7) is 2.79. The molecule has 2 aromatic rings. The van der Waals surface area contributed by atoms with Crippen molar-refractivity contribution in [3.63, 3.8) is 0 Å². The van der Waals surface area contributed by atoms with Crippen LogP contribution in [0.5, 0.6) is 0 Å². The number of pyridine rings is 1. The highest BCUT2D eigenvalue weighted by Crippen LogP contribution is 2.19. The standard InChI is InChI=1S/C13H16N6O/c1-8(12-18-17-10-5-3-7-19(10)12)16-13(20)11-9(14)4-2-6-15-11/h2,4,6,8H,3,5,7,14H2,1H3,(H,16,20). The van der Waals surface area contributed by atoms with Crippen LogP contribution in [0.1, 0.15) is 41.5 Å². The second-order valence-electron chi connectivity index (χ2n) is 4.87. The molecule has 0 bridgehead atoms. The van der Waals surface area contributed by atoms with E-state index in [4.69, 9.17) is 5.73 Å². The second-order valence-corrected chi connectivity index (χ2v) is 4.87. The smallest absolute Gasteiger partial charge is 0.272 e. The van der Waals surface area contributed by atoms with Crippen LogP contribution in [-0.2, 0) is 13.0 Å². The molecule has 0 fully saturated rings. The monoisotopic (exact) mass is 272 g/mol. The molecule has 1 aliphatic rings. The number of carbonyl (C=O) groups excluding carboxylic acids is 1. The third kappa shape index (κ3) is 2.11. The molecule has 1 unspecified atom stereocenters. The zero-order valence-electron chi connectivity index (χ0n) is 11.2. The molecule has 104 valence electrons. The second kappa shape index (κ2) is 4.92. The summed E-state index contributed by atoms with van der Waals surface area (Å²) < 4.78 is 2.06. The molecule has 0 spiro atoms. The van der Waals surface area contributed by atoms with Gasteiger partial charge in [0.25, 0.3) is 5.91 Å². The lowest BCUT2D eigenvalue weighted by atomic mass is 10.2. The van der Waals surface area contributed by atoms with Crippen LogP contribution in [0.25, 0.3) is 0 Å². The Morgan fingerprint density at radius 3 is 3.15 bits per heavy atom. The van der Waals surface area contributed by atoms with E-state index in [1.807, 2.05) is 6.92 Å². The van der Waals surface area contributed by atoms with E-state index in [1.165, 1.54) is 0 Å². The Balaban J connectivity index is 1.77. The van der Waals surface area contributed by atoms with Crippen molar-refractivity contribution in [1.82, 2.24) is 25.1 Å². The lowest BCUT2D eigenvalue weighted by Gasteiger charge is -2.14. The maximum atomic E-state index is 12.2. The zero-order valence-corrected chi connectivity index (χ0v) is 11.2. The Hall–Kier alpha value is -2.44. The first-order valence-corrected chi connectivity index (χ1v) is 6.60. The van der Waals surface area contributed by atoms with E-state index in [0.29, 0.717) is 5.69 Å². The van der Waals surface area contributed by atoms with Gasteiger partial charge >= 0.3 is 0 Å². The minimum atomic E-state index is -0.300. The van der Waals surface area contributed by atoms with Crippen LogP contribution < -0.4 is 11.1 Å². The number of aryl methyl sites for hydroxylation is 1. The van der Waals surface area contributed by atoms with Gasteiger partial charge < -0.3 is 15.6 Å². The summed E-state index contributed by atoms with van der Waals surface area (Å²) in [6, 6.07) is 3.12. The first-order chi connectivity index (χ1) is 9.66. The number of nitrogens with zero attached hydrogens (tertiary/aromatic N) is 4. The molecule has 1 amide bonds. The van der Waals surface area contributed by atoms with Crippen molar-refractivity contribution in [2.24, 2.45) is 0 Å². The fraction of sp³-hybridized carbons (Fsp3) is 0.385. The van der Waals surface area contributed by atoms with Gasteiger partial charge in [0.1, 0.15) is 5.82 Å². The van der Waals surface area contributed by atoms with E-state index < -0.39 is 0 Å². The summed E-state index contributed by atoms with van der Waals surface area (Å²) in [5.74, 6) is 1.46. The molecule has 20 heavy (non-hydrogen) atoms. The Morgan fingerprint density at radius 2 is 2.35 bits per heavy atom. The highest BCUT2D eigenvalue weighted by molar-refractivity contribution is 5.97. The fourth-order valence-electron chi connectivity index (χ4n) is 2.43. The van der Waals surface area contributed by atoms with Gasteiger partial charge in [0.05, 0.1) is 11.7 Å². The van der Waals surface area contributed by atoms with E-state index in [9.17, 15) is 4.79 Å². The van der Waals surface area contributed by atoms with Crippen LogP contribution in [0, 0.1) is 0 Å². The number of aromatic nitrogens is 4. The maximum Gasteiger partial charge on any atom is 0.272 e. The number of nitrogens with two attached hydrogens (primary N) is 1. The van der Waals surface area contributed by atoms with Crippen LogP contribution >= 0.6 is 0 Å². The predicted molar refractivity (Wildman–Crippen MR) is 72.9 cm³/mol. The summed E-state index contributed by atoms with van der Waals surface area (Å²) in [7, 11) is 0. The third-order valence-electron chi connectivity index (χ3n) is 3.43. The summed E-state index contributed by atoms with van der Waals surface area (Å²) in [6.07, 6.45) is 3.57. The molecule has 1 atom stereocenters. The van der Waals surface area contributed by atoms with Crippen molar-refractivity contribution in [1.29, 1.82) is 0 Å². The largest absolute Gasteiger partial charge is 0.397 e. The number of fused-ring (bicyclic) bond motifs is 1. The quantitative estimate of drug-likeness (QED) is 0.856. The van der Waals surface area contributed by atoms with Crippen molar-refractivity contribution in [2.75, 3.05) is 5.73 Å². The van der Waals surface area contributed by atoms with Crippen LogP contribution in [0.3, 0.4) is 0 Å². The molecule has 3 rings (SSSR count). The minimum absolute atomic E-state index is 0.233. The van der Waals surface area contributed by atoms with Gasteiger partial charge in [-0.05, 0) is 25.5 Å². The first kappa shape index (κ1) is 12.6. The van der Waals surface area contributed by atoms with E-state index in [1.54, 1.807) is 18.3 Å². The number of hydrogen-bond acceptors (Lipinski definition) is 5. The zero-order chi connectivity index (χ0) is 14.1. The average Bonchev–Trinajstić information content (AvgIpc) is 3.00. The molecule has 2 aromatic heterocycles. The highest BCUT2D eigenvalue weighted by Gasteiger charge is 2.23. The van der Waals surface area contributed by atoms with Gasteiger partial charge in [0.15, 0.2) is 11.5 Å². The van der Waals surface area contributed by atoms with Crippen LogP contribution in [0.15, 0.2) is 18.3 Å². The third-order valence-corrected chi connectivity index (χ3v) is 3.43. The summed E-state index contributed by atoms with van der Waals surface area (Å²) in [5, 5.41) is 11.2. The van der Waals surface area contributed by atoms with Gasteiger partial charge in [-0.1, -0.05) is 0 Å². The first-order valence-electron chi connectivity index (χ1n) is 6.60. The van der Waals surface area contributed by atoms with Crippen molar-refractivity contribution in [3.8, 4) is 0 Å². The Labute approximate surface area is 116 Å². The van der Waals surface area contributed by atoms with E-state index in [0.717, 1.165) is 31.0 Å². The van der Waals surface area contributed by atoms with E-state index in [-0.39, 0.29) is 17.6 Å². The fourth-order valence-corrected chi connectivity index (χ4v) is 2.43. The van der Waals surface area contributed by atoms with Gasteiger partial charge in [-0.25, -0.2) is 4.98 Å². The van der Waals surface area contributed by atoms with Crippen molar-refractivity contribution in [2.45, 2.75) is 32.4 Å². The van der Waals surface area contributed by atoms with Crippen molar-refractivity contribution >= 4 is 11.6 Å². The molecule has 7 nitrogen and oxygen atoms in total. The van der Waals surface area contributed by atoms with Gasteiger partial charge in [-0.15, -0.1) is 10.2 Å². The minimum Gasteiger partial charge on any atom is -0.397 e. The maximum absolute atomic E-state index is 12.2. The predicted octanol–water partition coefficient (Wildman–Crippen LogP) is 0.692. The molecule has 0 saturated heterocycles. The molecule has 3 heterocycles. The normalized spacial score (nSPS) is 14.8. The lowest BCUT2D eigenvalue weighted by molar-refractivity contribution is 0.0933. The van der Waals surface area contributed by atoms with E-state index in [2.05, 4.69) is 25.1 Å². The Bertz CT molecular complexity index is 650. The Kier molecular flexibility index (Phi) is 3.09.